The minimum absolute atomic E-state index is 0.0859. The van der Waals surface area contributed by atoms with Gasteiger partial charge in [-0.3, -0.25) is 0 Å². The molecular formula is C14H16BrClN2O. The summed E-state index contributed by atoms with van der Waals surface area (Å²) in [5.74, 6) is 0.467. The van der Waals surface area contributed by atoms with Gasteiger partial charge in [0.1, 0.15) is 5.15 Å². The smallest absolute Gasteiger partial charge is 0.138 e. The molecule has 0 aliphatic carbocycles. The predicted octanol–water partition coefficient (Wildman–Crippen LogP) is 3.98. The Hall–Kier alpha value is -0.840. The molecule has 0 fully saturated rings. The molecule has 0 saturated heterocycles. The van der Waals surface area contributed by atoms with E-state index in [-0.39, 0.29) is 6.61 Å². The molecular weight excluding hydrogens is 328 g/mol. The maximum atomic E-state index is 9.47. The molecule has 2 aromatic rings. The van der Waals surface area contributed by atoms with Crippen LogP contribution in [-0.4, -0.2) is 14.9 Å². The number of benzene rings is 1. The Labute approximate surface area is 126 Å². The zero-order valence-corrected chi connectivity index (χ0v) is 13.2. The zero-order chi connectivity index (χ0) is 14.0. The van der Waals surface area contributed by atoms with Crippen molar-refractivity contribution in [3.63, 3.8) is 0 Å². The second-order valence-corrected chi connectivity index (χ2v) is 6.13. The molecule has 0 atom stereocenters. The van der Waals surface area contributed by atoms with Crippen LogP contribution in [0.1, 0.15) is 25.1 Å². The SMILES string of the molecule is CC(C)Cc1nn(-c2ccc(Br)cc2)c(Cl)c1CO. The molecule has 0 unspecified atom stereocenters. The normalized spacial score (nSPS) is 11.3. The van der Waals surface area contributed by atoms with Crippen LogP contribution >= 0.6 is 27.5 Å². The average molecular weight is 344 g/mol. The number of hydrogen-bond acceptors (Lipinski definition) is 2. The fourth-order valence-electron chi connectivity index (χ4n) is 1.93. The third-order valence-electron chi connectivity index (χ3n) is 2.83. The van der Waals surface area contributed by atoms with Crippen molar-refractivity contribution in [1.29, 1.82) is 0 Å². The number of aliphatic hydroxyl groups excluding tert-OH is 1. The van der Waals surface area contributed by atoms with Gasteiger partial charge in [0, 0.05) is 10.0 Å². The van der Waals surface area contributed by atoms with Crippen LogP contribution in [0, 0.1) is 5.92 Å². The number of aromatic nitrogens is 2. The highest BCUT2D eigenvalue weighted by molar-refractivity contribution is 9.10. The molecule has 0 aliphatic rings. The molecule has 0 amide bonds. The number of halogens is 2. The lowest BCUT2D eigenvalue weighted by Crippen LogP contribution is -2.00. The Morgan fingerprint density at radius 3 is 2.47 bits per heavy atom. The van der Waals surface area contributed by atoms with Gasteiger partial charge in [0.15, 0.2) is 0 Å². The molecule has 1 aromatic carbocycles. The van der Waals surface area contributed by atoms with Crippen LogP contribution in [-0.2, 0) is 13.0 Å². The fourth-order valence-corrected chi connectivity index (χ4v) is 2.50. The molecule has 1 heterocycles. The Morgan fingerprint density at radius 1 is 1.32 bits per heavy atom. The van der Waals surface area contributed by atoms with Crippen molar-refractivity contribution in [2.75, 3.05) is 0 Å². The van der Waals surface area contributed by atoms with Crippen LogP contribution in [0.15, 0.2) is 28.7 Å². The molecule has 3 nitrogen and oxygen atoms in total. The maximum absolute atomic E-state index is 9.47. The summed E-state index contributed by atoms with van der Waals surface area (Å²) in [6, 6.07) is 7.74. The average Bonchev–Trinajstić information content (AvgIpc) is 2.66. The molecule has 0 saturated carbocycles. The summed E-state index contributed by atoms with van der Waals surface area (Å²) in [5, 5.41) is 14.5. The van der Waals surface area contributed by atoms with Gasteiger partial charge in [-0.1, -0.05) is 41.4 Å². The number of hydrogen-bond donors (Lipinski definition) is 1. The van der Waals surface area contributed by atoms with Gasteiger partial charge in [-0.2, -0.15) is 5.10 Å². The van der Waals surface area contributed by atoms with E-state index in [4.69, 9.17) is 11.6 Å². The molecule has 0 spiro atoms. The third-order valence-corrected chi connectivity index (χ3v) is 3.75. The third kappa shape index (κ3) is 3.19. The molecule has 0 radical (unpaired) electrons. The Kier molecular flexibility index (Phi) is 4.66. The summed E-state index contributed by atoms with van der Waals surface area (Å²) in [5.41, 5.74) is 2.47. The monoisotopic (exact) mass is 342 g/mol. The minimum atomic E-state index is -0.0859. The van der Waals surface area contributed by atoms with Crippen molar-refractivity contribution < 1.29 is 5.11 Å². The highest BCUT2D eigenvalue weighted by atomic mass is 79.9. The molecule has 102 valence electrons. The van der Waals surface area contributed by atoms with Gasteiger partial charge >= 0.3 is 0 Å². The van der Waals surface area contributed by atoms with Crippen LogP contribution in [0.2, 0.25) is 5.15 Å². The van der Waals surface area contributed by atoms with Crippen molar-refractivity contribution in [3.05, 3.63) is 45.1 Å². The summed E-state index contributed by atoms with van der Waals surface area (Å²) >= 11 is 9.72. The molecule has 0 aliphatic heterocycles. The summed E-state index contributed by atoms with van der Waals surface area (Å²) in [7, 11) is 0. The number of rotatable bonds is 4. The minimum Gasteiger partial charge on any atom is -0.391 e. The summed E-state index contributed by atoms with van der Waals surface area (Å²) < 4.78 is 2.68. The van der Waals surface area contributed by atoms with Gasteiger partial charge in [-0.15, -0.1) is 0 Å². The molecule has 2 rings (SSSR count). The summed E-state index contributed by atoms with van der Waals surface area (Å²) in [6.07, 6.45) is 0.805. The van der Waals surface area contributed by atoms with E-state index in [0.717, 1.165) is 27.8 Å². The lowest BCUT2D eigenvalue weighted by atomic mass is 10.1. The molecule has 1 aromatic heterocycles. The predicted molar refractivity (Wildman–Crippen MR) is 80.7 cm³/mol. The maximum Gasteiger partial charge on any atom is 0.138 e. The first-order valence-electron chi connectivity index (χ1n) is 6.16. The van der Waals surface area contributed by atoms with Crippen molar-refractivity contribution in [3.8, 4) is 5.69 Å². The highest BCUT2D eigenvalue weighted by Crippen LogP contribution is 2.26. The van der Waals surface area contributed by atoms with Gasteiger partial charge in [-0.25, -0.2) is 4.68 Å². The van der Waals surface area contributed by atoms with Crippen molar-refractivity contribution >= 4 is 27.5 Å². The zero-order valence-electron chi connectivity index (χ0n) is 10.9. The van der Waals surface area contributed by atoms with E-state index in [1.54, 1.807) is 4.68 Å². The Bertz CT molecular complexity index is 564. The van der Waals surface area contributed by atoms with E-state index in [1.807, 2.05) is 24.3 Å². The Balaban J connectivity index is 2.46. The molecule has 1 N–H and O–H groups in total. The largest absolute Gasteiger partial charge is 0.391 e. The highest BCUT2D eigenvalue weighted by Gasteiger charge is 2.17. The van der Waals surface area contributed by atoms with Crippen molar-refractivity contribution in [1.82, 2.24) is 9.78 Å². The van der Waals surface area contributed by atoms with E-state index in [9.17, 15) is 5.11 Å². The molecule has 5 heteroatoms. The van der Waals surface area contributed by atoms with Crippen LogP contribution in [0.3, 0.4) is 0 Å². The van der Waals surface area contributed by atoms with Crippen LogP contribution in [0.25, 0.3) is 5.69 Å². The first-order chi connectivity index (χ1) is 9.02. The second-order valence-electron chi connectivity index (χ2n) is 4.86. The lowest BCUT2D eigenvalue weighted by molar-refractivity contribution is 0.280. The van der Waals surface area contributed by atoms with Crippen molar-refractivity contribution in [2.45, 2.75) is 26.9 Å². The van der Waals surface area contributed by atoms with E-state index in [0.29, 0.717) is 11.1 Å². The van der Waals surface area contributed by atoms with E-state index >= 15 is 0 Å². The summed E-state index contributed by atoms with van der Waals surface area (Å²) in [6.45, 7) is 4.15. The van der Waals surface area contributed by atoms with E-state index in [2.05, 4.69) is 34.9 Å². The van der Waals surface area contributed by atoms with E-state index < -0.39 is 0 Å². The van der Waals surface area contributed by atoms with Gasteiger partial charge in [-0.05, 0) is 36.6 Å². The summed E-state index contributed by atoms with van der Waals surface area (Å²) in [4.78, 5) is 0. The Morgan fingerprint density at radius 2 is 1.95 bits per heavy atom. The van der Waals surface area contributed by atoms with Crippen LogP contribution in [0.4, 0.5) is 0 Å². The number of nitrogens with zero attached hydrogens (tertiary/aromatic N) is 2. The quantitative estimate of drug-likeness (QED) is 0.912. The first-order valence-corrected chi connectivity index (χ1v) is 7.33. The second kappa shape index (κ2) is 6.07. The van der Waals surface area contributed by atoms with Gasteiger partial charge in [0.25, 0.3) is 0 Å². The van der Waals surface area contributed by atoms with Crippen LogP contribution < -0.4 is 0 Å². The number of aliphatic hydroxyl groups is 1. The van der Waals surface area contributed by atoms with Crippen molar-refractivity contribution in [2.24, 2.45) is 5.92 Å². The fraction of sp³-hybridized carbons (Fsp3) is 0.357. The van der Waals surface area contributed by atoms with Crippen LogP contribution in [0.5, 0.6) is 0 Å². The van der Waals surface area contributed by atoms with Gasteiger partial charge < -0.3 is 5.11 Å². The van der Waals surface area contributed by atoms with Gasteiger partial charge in [0.2, 0.25) is 0 Å². The standard InChI is InChI=1S/C14H16BrClN2O/c1-9(2)7-13-12(8-19)14(16)18(17-13)11-5-3-10(15)4-6-11/h3-6,9,19H,7-8H2,1-2H3. The lowest BCUT2D eigenvalue weighted by Gasteiger charge is -2.03. The van der Waals surface area contributed by atoms with E-state index in [1.165, 1.54) is 0 Å². The molecule has 19 heavy (non-hydrogen) atoms. The first kappa shape index (κ1) is 14.6. The van der Waals surface area contributed by atoms with Gasteiger partial charge in [0.05, 0.1) is 18.0 Å². The molecule has 0 bridgehead atoms. The topological polar surface area (TPSA) is 38.0 Å².